The van der Waals surface area contributed by atoms with Gasteiger partial charge in [-0.15, -0.1) is 11.6 Å². The van der Waals surface area contributed by atoms with Crippen LogP contribution in [0.4, 0.5) is 8.78 Å². The number of nitrogens with one attached hydrogen (secondary N) is 1. The Labute approximate surface area is 105 Å². The first-order valence-corrected chi connectivity index (χ1v) is 7.97. The van der Waals surface area contributed by atoms with E-state index in [-0.39, 0.29) is 0 Å². The zero-order valence-electron chi connectivity index (χ0n) is 9.50. The molecule has 0 spiro atoms. The van der Waals surface area contributed by atoms with Crippen LogP contribution in [0.2, 0.25) is 0 Å². The first kappa shape index (κ1) is 16.7. The monoisotopic (exact) mass is 295 g/mol. The van der Waals surface area contributed by atoms with Gasteiger partial charge in [-0.25, -0.2) is 5.09 Å². The maximum absolute atomic E-state index is 12.9. The molecule has 0 heterocycles. The van der Waals surface area contributed by atoms with E-state index in [9.17, 15) is 8.78 Å². The minimum Gasteiger partial charge on any atom is -0.321 e. The predicted molar refractivity (Wildman–Crippen MR) is 65.5 cm³/mol. The van der Waals surface area contributed by atoms with Crippen LogP contribution in [0.15, 0.2) is 0 Å². The van der Waals surface area contributed by atoms with Crippen LogP contribution in [0.25, 0.3) is 0 Å². The van der Waals surface area contributed by atoms with Gasteiger partial charge in [0.25, 0.3) is 6.64 Å². The van der Waals surface area contributed by atoms with Gasteiger partial charge in [-0.05, 0) is 24.1 Å². The maximum Gasteiger partial charge on any atom is 0.375 e. The van der Waals surface area contributed by atoms with Crippen LogP contribution >= 0.6 is 18.2 Å². The van der Waals surface area contributed by atoms with Crippen LogP contribution < -0.4 is 5.09 Å². The Hall–Kier alpha value is 0.680. The molecule has 16 heavy (non-hydrogen) atoms. The van der Waals surface area contributed by atoms with Crippen molar-refractivity contribution in [2.24, 2.45) is 5.92 Å². The Morgan fingerprint density at radius 2 is 2.06 bits per heavy atom. The van der Waals surface area contributed by atoms with Crippen molar-refractivity contribution in [3.63, 3.8) is 0 Å². The molecule has 0 rings (SSSR count). The molecule has 0 aliphatic rings. The Bertz CT molecular complexity index is 256. The van der Waals surface area contributed by atoms with Gasteiger partial charge in [-0.3, -0.25) is 4.52 Å². The van der Waals surface area contributed by atoms with Crippen molar-refractivity contribution in [3.8, 4) is 0 Å². The fraction of sp³-hybridized carbons (Fsp3) is 1.00. The molecule has 0 bridgehead atoms. The summed E-state index contributed by atoms with van der Waals surface area (Å²) >= 11 is 9.94. The second-order valence-electron chi connectivity index (χ2n) is 3.63. The van der Waals surface area contributed by atoms with E-state index in [2.05, 4.69) is 9.61 Å². The molecule has 0 aromatic carbocycles. The van der Waals surface area contributed by atoms with Crippen molar-refractivity contribution in [1.82, 2.24) is 5.09 Å². The van der Waals surface area contributed by atoms with Crippen LogP contribution in [-0.4, -0.2) is 25.6 Å². The van der Waals surface area contributed by atoms with Crippen LogP contribution in [-0.2, 0) is 20.9 Å². The second kappa shape index (κ2) is 7.19. The molecular weight excluding hydrogens is 279 g/mol. The normalized spacial score (nSPS) is 16.4. The number of rotatable bonds is 8. The van der Waals surface area contributed by atoms with Crippen molar-refractivity contribution in [1.29, 1.82) is 0 Å². The molecule has 98 valence electrons. The van der Waals surface area contributed by atoms with E-state index in [1.54, 1.807) is 0 Å². The molecule has 1 unspecified atom stereocenters. The van der Waals surface area contributed by atoms with Crippen molar-refractivity contribution < 1.29 is 17.8 Å². The smallest absolute Gasteiger partial charge is 0.321 e. The lowest BCUT2D eigenvalue weighted by Gasteiger charge is -2.25. The number of hydrogen-bond donors (Lipinski definition) is 1. The lowest BCUT2D eigenvalue weighted by atomic mass is 10.1. The summed E-state index contributed by atoms with van der Waals surface area (Å²) in [5.74, 6) is -0.498. The van der Waals surface area contributed by atoms with E-state index in [0.29, 0.717) is 12.5 Å². The zero-order valence-corrected chi connectivity index (χ0v) is 12.0. The summed E-state index contributed by atoms with van der Waals surface area (Å²) in [6.07, 6.45) is -2.66. The van der Waals surface area contributed by atoms with Gasteiger partial charge in [-0.2, -0.15) is 8.78 Å². The molecule has 0 saturated heterocycles. The molecule has 0 amide bonds. The van der Waals surface area contributed by atoms with Crippen molar-refractivity contribution in [3.05, 3.63) is 0 Å². The molecule has 0 fully saturated rings. The molecule has 0 aromatic rings. The minimum absolute atomic E-state index is 0.446. The lowest BCUT2D eigenvalue weighted by molar-refractivity contribution is -0.156. The maximum atomic E-state index is 12.9. The Kier molecular flexibility index (Phi) is 7.49. The van der Waals surface area contributed by atoms with Crippen LogP contribution in [0.3, 0.4) is 0 Å². The predicted octanol–water partition coefficient (Wildman–Crippen LogP) is 3.34. The Morgan fingerprint density at radius 3 is 2.44 bits per heavy atom. The van der Waals surface area contributed by atoms with Crippen LogP contribution in [0.1, 0.15) is 20.3 Å². The Morgan fingerprint density at radius 1 is 1.50 bits per heavy atom. The molecule has 0 saturated carbocycles. The second-order valence-corrected chi connectivity index (χ2v) is 7.20. The first-order valence-electron chi connectivity index (χ1n) is 4.80. The minimum atomic E-state index is -3.46. The standard InChI is InChI=1S/C8H17ClF2NO2PS/c1-7(2)4-5-12-15(16,13-3)14-8(10,11)6-9/h7H,4-6H2,1-3H3,(H,12,16). The van der Waals surface area contributed by atoms with Gasteiger partial charge < -0.3 is 4.52 Å². The van der Waals surface area contributed by atoms with Gasteiger partial charge >= 0.3 is 6.11 Å². The van der Waals surface area contributed by atoms with Crippen molar-refractivity contribution in [2.75, 3.05) is 19.5 Å². The number of alkyl halides is 3. The van der Waals surface area contributed by atoms with E-state index < -0.39 is 18.6 Å². The average molecular weight is 296 g/mol. The highest BCUT2D eigenvalue weighted by atomic mass is 35.5. The van der Waals surface area contributed by atoms with Gasteiger partial charge in [0.2, 0.25) is 0 Å². The Balaban J connectivity index is 4.26. The third kappa shape index (κ3) is 7.09. The average Bonchev–Trinajstić information content (AvgIpc) is 2.16. The molecule has 0 aromatic heterocycles. The van der Waals surface area contributed by atoms with Crippen molar-refractivity contribution in [2.45, 2.75) is 26.4 Å². The molecule has 3 nitrogen and oxygen atoms in total. The lowest BCUT2D eigenvalue weighted by Crippen LogP contribution is -2.26. The highest BCUT2D eigenvalue weighted by molar-refractivity contribution is 8.08. The fourth-order valence-electron chi connectivity index (χ4n) is 0.824. The summed E-state index contributed by atoms with van der Waals surface area (Å²) in [7, 11) is 1.24. The molecule has 0 aliphatic heterocycles. The number of halogens is 3. The highest BCUT2D eigenvalue weighted by Gasteiger charge is 2.36. The van der Waals surface area contributed by atoms with Crippen molar-refractivity contribution >= 4 is 30.1 Å². The molecular formula is C8H17ClF2NO2PS. The summed E-state index contributed by atoms with van der Waals surface area (Å²) < 4.78 is 35.1. The topological polar surface area (TPSA) is 30.5 Å². The third-order valence-electron chi connectivity index (χ3n) is 1.68. The largest absolute Gasteiger partial charge is 0.375 e. The highest BCUT2D eigenvalue weighted by Crippen LogP contribution is 2.48. The zero-order chi connectivity index (χ0) is 12.8. The van der Waals surface area contributed by atoms with E-state index in [1.165, 1.54) is 7.11 Å². The molecule has 8 heteroatoms. The summed E-state index contributed by atoms with van der Waals surface area (Å²) in [6, 6.07) is 0. The summed E-state index contributed by atoms with van der Waals surface area (Å²) in [5.41, 5.74) is 0. The fourth-order valence-corrected chi connectivity index (χ4v) is 2.64. The van der Waals surface area contributed by atoms with E-state index in [1.807, 2.05) is 13.8 Å². The summed E-state index contributed by atoms with van der Waals surface area (Å²) in [4.78, 5) is 0. The molecule has 0 aliphatic carbocycles. The van der Waals surface area contributed by atoms with Gasteiger partial charge in [0, 0.05) is 13.7 Å². The quantitative estimate of drug-likeness (QED) is 0.549. The van der Waals surface area contributed by atoms with Gasteiger partial charge in [0.15, 0.2) is 0 Å². The third-order valence-corrected chi connectivity index (χ3v) is 4.65. The first-order chi connectivity index (χ1) is 7.24. The SMILES string of the molecule is COP(=S)(NCCC(C)C)OC(F)(F)CCl. The molecule has 1 atom stereocenters. The van der Waals surface area contributed by atoms with Gasteiger partial charge in [0.05, 0.1) is 0 Å². The van der Waals surface area contributed by atoms with E-state index in [0.717, 1.165) is 6.42 Å². The molecule has 0 radical (unpaired) electrons. The number of hydrogen-bond acceptors (Lipinski definition) is 3. The summed E-state index contributed by atoms with van der Waals surface area (Å²) in [6.45, 7) is 1.37. The van der Waals surface area contributed by atoms with Crippen LogP contribution in [0, 0.1) is 5.92 Å². The molecule has 1 N–H and O–H groups in total. The van der Waals surface area contributed by atoms with Crippen LogP contribution in [0.5, 0.6) is 0 Å². The van der Waals surface area contributed by atoms with Gasteiger partial charge in [-0.1, -0.05) is 13.8 Å². The van der Waals surface area contributed by atoms with Gasteiger partial charge in [0.1, 0.15) is 5.88 Å². The van der Waals surface area contributed by atoms with E-state index in [4.69, 9.17) is 27.9 Å². The summed E-state index contributed by atoms with van der Waals surface area (Å²) in [5, 5.41) is 2.71. The van der Waals surface area contributed by atoms with E-state index >= 15 is 0 Å².